The van der Waals surface area contributed by atoms with Crippen LogP contribution in [0, 0.1) is 5.82 Å². The SMILES string of the molecule is O=C(N1CCN(S(=O)(=O)c2ccc(S(=O)(=O)Cl)c(F)c2)CC1)C(F)(F)F. The molecule has 0 atom stereocenters. The summed E-state index contributed by atoms with van der Waals surface area (Å²) in [6.45, 7) is -1.84. The molecule has 1 aromatic carbocycles. The maximum Gasteiger partial charge on any atom is 0.471 e. The number of carbonyl (C=O) groups excluding carboxylic acids is 1. The van der Waals surface area contributed by atoms with Gasteiger partial charge in [0, 0.05) is 36.9 Å². The molecule has 146 valence electrons. The number of piperazine rings is 1. The molecule has 0 aromatic heterocycles. The molecular weight excluding hydrogens is 428 g/mol. The third-order valence-corrected chi connectivity index (χ3v) is 6.82. The first-order chi connectivity index (χ1) is 11.7. The van der Waals surface area contributed by atoms with Gasteiger partial charge in [-0.3, -0.25) is 4.79 Å². The van der Waals surface area contributed by atoms with Gasteiger partial charge in [0.15, 0.2) is 0 Å². The number of hydrogen-bond acceptors (Lipinski definition) is 5. The summed E-state index contributed by atoms with van der Waals surface area (Å²) in [5, 5.41) is 0. The molecular formula is C12H11ClF4N2O5S2. The van der Waals surface area contributed by atoms with E-state index in [4.69, 9.17) is 10.7 Å². The zero-order chi connectivity index (χ0) is 19.9. The van der Waals surface area contributed by atoms with Crippen LogP contribution in [-0.4, -0.2) is 64.3 Å². The van der Waals surface area contributed by atoms with Crippen LogP contribution in [-0.2, 0) is 23.9 Å². The maximum absolute atomic E-state index is 13.8. The van der Waals surface area contributed by atoms with Gasteiger partial charge in [0.25, 0.3) is 9.05 Å². The fourth-order valence-electron chi connectivity index (χ4n) is 2.30. The highest BCUT2D eigenvalue weighted by Gasteiger charge is 2.44. The molecule has 0 unspecified atom stereocenters. The molecule has 14 heteroatoms. The topological polar surface area (TPSA) is 91.8 Å². The van der Waals surface area contributed by atoms with Gasteiger partial charge in [-0.05, 0) is 18.2 Å². The van der Waals surface area contributed by atoms with Crippen molar-refractivity contribution in [3.05, 3.63) is 24.0 Å². The second kappa shape index (κ2) is 6.94. The van der Waals surface area contributed by atoms with E-state index in [1.165, 1.54) is 0 Å². The van der Waals surface area contributed by atoms with E-state index in [1.54, 1.807) is 0 Å². The second-order valence-electron chi connectivity index (χ2n) is 5.22. The van der Waals surface area contributed by atoms with Crippen molar-refractivity contribution in [1.82, 2.24) is 9.21 Å². The second-order valence-corrected chi connectivity index (χ2v) is 9.70. The summed E-state index contributed by atoms with van der Waals surface area (Å²) in [4.78, 5) is 10.1. The van der Waals surface area contributed by atoms with Crippen molar-refractivity contribution in [3.8, 4) is 0 Å². The lowest BCUT2D eigenvalue weighted by Crippen LogP contribution is -2.53. The van der Waals surface area contributed by atoms with Crippen molar-refractivity contribution in [3.63, 3.8) is 0 Å². The van der Waals surface area contributed by atoms with Crippen LogP contribution in [0.25, 0.3) is 0 Å². The number of hydrogen-bond donors (Lipinski definition) is 0. The molecule has 1 fully saturated rings. The van der Waals surface area contributed by atoms with Gasteiger partial charge in [0.1, 0.15) is 10.7 Å². The van der Waals surface area contributed by atoms with Gasteiger partial charge in [-0.25, -0.2) is 21.2 Å². The molecule has 1 aromatic rings. The number of alkyl halides is 3. The Bertz CT molecular complexity index is 925. The summed E-state index contributed by atoms with van der Waals surface area (Å²) in [6.07, 6.45) is -5.06. The highest BCUT2D eigenvalue weighted by molar-refractivity contribution is 8.13. The van der Waals surface area contributed by atoms with Gasteiger partial charge in [-0.15, -0.1) is 0 Å². The molecule has 1 amide bonds. The minimum absolute atomic E-state index is 0.429. The van der Waals surface area contributed by atoms with Crippen LogP contribution in [0.15, 0.2) is 28.0 Å². The van der Waals surface area contributed by atoms with Crippen molar-refractivity contribution >= 4 is 35.7 Å². The van der Waals surface area contributed by atoms with Crippen molar-refractivity contribution < 1.29 is 39.2 Å². The standard InChI is InChI=1S/C12H11ClF4N2O5S2/c13-25(21,22)10-2-1-8(7-9(10)14)26(23,24)19-5-3-18(4-6-19)11(20)12(15,16)17/h1-2,7H,3-6H2. The number of rotatable bonds is 3. The minimum Gasteiger partial charge on any atom is -0.332 e. The molecule has 26 heavy (non-hydrogen) atoms. The van der Waals surface area contributed by atoms with Crippen LogP contribution >= 0.6 is 10.7 Å². The van der Waals surface area contributed by atoms with Gasteiger partial charge in [0.2, 0.25) is 10.0 Å². The zero-order valence-corrected chi connectivity index (χ0v) is 15.1. The monoisotopic (exact) mass is 438 g/mol. The van der Waals surface area contributed by atoms with Gasteiger partial charge >= 0.3 is 12.1 Å². The number of benzene rings is 1. The van der Waals surface area contributed by atoms with E-state index in [0.717, 1.165) is 10.4 Å². The average Bonchev–Trinajstić information content (AvgIpc) is 2.52. The maximum atomic E-state index is 13.8. The largest absolute Gasteiger partial charge is 0.471 e. The highest BCUT2D eigenvalue weighted by atomic mass is 35.7. The van der Waals surface area contributed by atoms with Crippen LogP contribution in [0.2, 0.25) is 0 Å². The normalized spacial score (nSPS) is 17.3. The Hall–Kier alpha value is -1.44. The minimum atomic E-state index is -5.06. The van der Waals surface area contributed by atoms with Gasteiger partial charge < -0.3 is 4.90 Å². The van der Waals surface area contributed by atoms with E-state index in [9.17, 15) is 39.2 Å². The van der Waals surface area contributed by atoms with Crippen molar-refractivity contribution in [2.24, 2.45) is 0 Å². The molecule has 0 saturated carbocycles. The summed E-state index contributed by atoms with van der Waals surface area (Å²) in [5.41, 5.74) is 0. The average molecular weight is 439 g/mol. The summed E-state index contributed by atoms with van der Waals surface area (Å²) in [7, 11) is -3.70. The molecule has 1 aliphatic rings. The predicted molar refractivity (Wildman–Crippen MR) is 80.8 cm³/mol. The predicted octanol–water partition coefficient (Wildman–Crippen LogP) is 1.15. The van der Waals surface area contributed by atoms with Gasteiger partial charge in [-0.1, -0.05) is 0 Å². The number of sulfonamides is 1. The number of carbonyl (C=O) groups is 1. The first-order valence-electron chi connectivity index (χ1n) is 6.85. The van der Waals surface area contributed by atoms with Crippen LogP contribution in [0.4, 0.5) is 17.6 Å². The molecule has 0 spiro atoms. The molecule has 0 radical (unpaired) electrons. The fourth-order valence-corrected chi connectivity index (χ4v) is 4.63. The Kier molecular flexibility index (Phi) is 5.57. The molecule has 0 bridgehead atoms. The number of amides is 1. The summed E-state index contributed by atoms with van der Waals surface area (Å²) < 4.78 is 98.9. The smallest absolute Gasteiger partial charge is 0.332 e. The quantitative estimate of drug-likeness (QED) is 0.521. The van der Waals surface area contributed by atoms with Crippen LogP contribution in [0.3, 0.4) is 0 Å². The molecule has 0 N–H and O–H groups in total. The van der Waals surface area contributed by atoms with Crippen molar-refractivity contribution in [1.29, 1.82) is 0 Å². The molecule has 1 heterocycles. The molecule has 0 aliphatic carbocycles. The van der Waals surface area contributed by atoms with E-state index < -0.39 is 72.9 Å². The van der Waals surface area contributed by atoms with Crippen LogP contribution in [0.5, 0.6) is 0 Å². The van der Waals surface area contributed by atoms with Crippen molar-refractivity contribution in [2.75, 3.05) is 26.2 Å². The Balaban J connectivity index is 2.20. The van der Waals surface area contributed by atoms with E-state index in [1.807, 2.05) is 0 Å². The van der Waals surface area contributed by atoms with Crippen molar-refractivity contribution in [2.45, 2.75) is 16.0 Å². The van der Waals surface area contributed by atoms with E-state index in [0.29, 0.717) is 17.0 Å². The van der Waals surface area contributed by atoms with E-state index >= 15 is 0 Å². The Morgan fingerprint density at radius 1 is 1.04 bits per heavy atom. The lowest BCUT2D eigenvalue weighted by molar-refractivity contribution is -0.186. The zero-order valence-electron chi connectivity index (χ0n) is 12.7. The lowest BCUT2D eigenvalue weighted by atomic mass is 10.3. The Labute approximate surface area is 150 Å². The highest BCUT2D eigenvalue weighted by Crippen LogP contribution is 2.25. The summed E-state index contributed by atoms with van der Waals surface area (Å²) in [5.74, 6) is -3.45. The third-order valence-electron chi connectivity index (χ3n) is 3.57. The molecule has 7 nitrogen and oxygen atoms in total. The lowest BCUT2D eigenvalue weighted by Gasteiger charge is -2.34. The Morgan fingerprint density at radius 3 is 2.00 bits per heavy atom. The Morgan fingerprint density at radius 2 is 1.58 bits per heavy atom. The van der Waals surface area contributed by atoms with Gasteiger partial charge in [-0.2, -0.15) is 17.5 Å². The molecule has 1 saturated heterocycles. The fraction of sp³-hybridized carbons (Fsp3) is 0.417. The first kappa shape index (κ1) is 20.9. The van der Waals surface area contributed by atoms with E-state index in [2.05, 4.69) is 0 Å². The molecule has 1 aliphatic heterocycles. The number of halogens is 5. The van der Waals surface area contributed by atoms with Gasteiger partial charge in [0.05, 0.1) is 4.90 Å². The summed E-state index contributed by atoms with van der Waals surface area (Å²) >= 11 is 0. The third kappa shape index (κ3) is 4.27. The van der Waals surface area contributed by atoms with E-state index in [-0.39, 0.29) is 0 Å². The number of nitrogens with zero attached hydrogens (tertiary/aromatic N) is 2. The van der Waals surface area contributed by atoms with Crippen LogP contribution in [0.1, 0.15) is 0 Å². The first-order valence-corrected chi connectivity index (χ1v) is 10.6. The van der Waals surface area contributed by atoms with Crippen LogP contribution < -0.4 is 0 Å². The summed E-state index contributed by atoms with van der Waals surface area (Å²) in [6, 6.07) is 1.95. The molecule has 2 rings (SSSR count).